The summed E-state index contributed by atoms with van der Waals surface area (Å²) in [6.45, 7) is 0.666. The van der Waals surface area contributed by atoms with Gasteiger partial charge in [0, 0.05) is 56.2 Å². The third kappa shape index (κ3) is 4.06. The van der Waals surface area contributed by atoms with Crippen LogP contribution in [-0.4, -0.2) is 60.6 Å². The normalized spacial score (nSPS) is 17.1. The molecule has 2 aromatic carbocycles. The molecule has 2 heterocycles. The Morgan fingerprint density at radius 1 is 1.09 bits per heavy atom. The van der Waals surface area contributed by atoms with Gasteiger partial charge in [0.2, 0.25) is 0 Å². The Kier molecular flexibility index (Phi) is 6.54. The third-order valence-electron chi connectivity index (χ3n) is 6.31. The zero-order valence-corrected chi connectivity index (χ0v) is 21.3. The summed E-state index contributed by atoms with van der Waals surface area (Å²) in [5.41, 5.74) is 6.00. The number of fused-ring (bicyclic) bond motifs is 2. The average Bonchev–Trinajstić information content (AvgIpc) is 3.47. The van der Waals surface area contributed by atoms with Crippen molar-refractivity contribution in [1.29, 1.82) is 0 Å². The molecule has 33 heavy (non-hydrogen) atoms. The highest BCUT2D eigenvalue weighted by Gasteiger charge is 2.37. The number of rotatable bonds is 5. The molecule has 1 aliphatic carbocycles. The highest BCUT2D eigenvalue weighted by Crippen LogP contribution is 2.40. The predicted octanol–water partition coefficient (Wildman–Crippen LogP) is 3.45. The summed E-state index contributed by atoms with van der Waals surface area (Å²) in [4.78, 5) is 0. The monoisotopic (exact) mass is 506 g/mol. The van der Waals surface area contributed by atoms with Crippen LogP contribution in [0.4, 0.5) is 0 Å². The molecular weight excluding hydrogens is 480 g/mol. The molecule has 0 fully saturated rings. The molecule has 0 saturated heterocycles. The van der Waals surface area contributed by atoms with Gasteiger partial charge in [0.1, 0.15) is 11.4 Å². The third-order valence-corrected chi connectivity index (χ3v) is 8.52. The van der Waals surface area contributed by atoms with Gasteiger partial charge in [-0.25, -0.2) is 4.68 Å². The maximum atomic E-state index is 12.7. The number of halogens is 1. The van der Waals surface area contributed by atoms with E-state index in [0.29, 0.717) is 24.5 Å². The van der Waals surface area contributed by atoms with E-state index in [0.717, 1.165) is 40.4 Å². The standard InChI is InChI=1S/C23H25ClN4O3S.H2S/c1-26(2)32(29,30)27(3)18-13-19-20(14-18)25-28(22(19)15-7-9-17(24)10-8-15)21-6-4-5-16-11-12-31-23(16)21;/h4-10,18H,11-14H2,1-3H3;1H2/t18-;/m0./s1. The van der Waals surface area contributed by atoms with Crippen molar-refractivity contribution < 1.29 is 13.2 Å². The zero-order valence-electron chi connectivity index (χ0n) is 18.7. The lowest BCUT2D eigenvalue weighted by Crippen LogP contribution is -2.44. The Morgan fingerprint density at radius 3 is 2.52 bits per heavy atom. The Balaban J connectivity index is 0.00000259. The molecule has 3 aromatic rings. The molecule has 0 N–H and O–H groups in total. The van der Waals surface area contributed by atoms with Crippen LogP contribution in [0.25, 0.3) is 16.9 Å². The SMILES string of the molecule is CN(C)S(=O)(=O)N(C)[C@@H]1Cc2nn(-c3cccc4c3OCC4)c(-c3ccc(Cl)cc3)c2C1.S. The van der Waals surface area contributed by atoms with Gasteiger partial charge in [-0.05, 0) is 30.2 Å². The molecule has 0 spiro atoms. The van der Waals surface area contributed by atoms with Crippen LogP contribution >= 0.6 is 25.1 Å². The summed E-state index contributed by atoms with van der Waals surface area (Å²) in [7, 11) is 1.23. The van der Waals surface area contributed by atoms with Crippen molar-refractivity contribution in [2.45, 2.75) is 25.3 Å². The lowest BCUT2D eigenvalue weighted by Gasteiger charge is -2.27. The van der Waals surface area contributed by atoms with Crippen molar-refractivity contribution >= 4 is 35.3 Å². The van der Waals surface area contributed by atoms with Crippen molar-refractivity contribution in [3.8, 4) is 22.7 Å². The summed E-state index contributed by atoms with van der Waals surface area (Å²) in [5, 5.41) is 5.63. The van der Waals surface area contributed by atoms with Crippen molar-refractivity contribution in [3.63, 3.8) is 0 Å². The van der Waals surface area contributed by atoms with Crippen molar-refractivity contribution in [2.24, 2.45) is 0 Å². The summed E-state index contributed by atoms with van der Waals surface area (Å²) < 4.78 is 36.0. The molecule has 10 heteroatoms. The van der Waals surface area contributed by atoms with E-state index in [2.05, 4.69) is 6.07 Å². The summed E-state index contributed by atoms with van der Waals surface area (Å²) in [5.74, 6) is 0.868. The van der Waals surface area contributed by atoms with E-state index in [1.165, 1.54) is 14.2 Å². The lowest BCUT2D eigenvalue weighted by atomic mass is 10.0. The number of ether oxygens (including phenoxy) is 1. The lowest BCUT2D eigenvalue weighted by molar-refractivity contribution is 0.347. The van der Waals surface area contributed by atoms with Gasteiger partial charge in [-0.2, -0.15) is 35.6 Å². The Hall–Kier alpha value is -2.04. The van der Waals surface area contributed by atoms with Gasteiger partial charge < -0.3 is 4.74 Å². The van der Waals surface area contributed by atoms with Crippen LogP contribution < -0.4 is 4.74 Å². The van der Waals surface area contributed by atoms with Gasteiger partial charge in [-0.15, -0.1) is 0 Å². The molecule has 1 aliphatic heterocycles. The fourth-order valence-electron chi connectivity index (χ4n) is 4.55. The van der Waals surface area contributed by atoms with E-state index in [1.807, 2.05) is 41.1 Å². The molecule has 7 nitrogen and oxygen atoms in total. The van der Waals surface area contributed by atoms with Crippen molar-refractivity contribution in [3.05, 3.63) is 64.3 Å². The van der Waals surface area contributed by atoms with E-state index in [-0.39, 0.29) is 19.5 Å². The van der Waals surface area contributed by atoms with Crippen LogP contribution in [0.5, 0.6) is 5.75 Å². The molecule has 176 valence electrons. The van der Waals surface area contributed by atoms with E-state index >= 15 is 0 Å². The minimum absolute atomic E-state index is 0. The molecule has 0 radical (unpaired) electrons. The Labute approximate surface area is 206 Å². The van der Waals surface area contributed by atoms with Crippen molar-refractivity contribution in [1.82, 2.24) is 18.4 Å². The van der Waals surface area contributed by atoms with Crippen LogP contribution in [-0.2, 0) is 29.5 Å². The summed E-state index contributed by atoms with van der Waals surface area (Å²) in [6, 6.07) is 13.6. The smallest absolute Gasteiger partial charge is 0.281 e. The van der Waals surface area contributed by atoms with Gasteiger partial charge >= 0.3 is 0 Å². The highest BCUT2D eigenvalue weighted by atomic mass is 35.5. The van der Waals surface area contributed by atoms with Gasteiger partial charge in [-0.1, -0.05) is 35.9 Å². The second kappa shape index (κ2) is 8.96. The first-order chi connectivity index (χ1) is 15.3. The number of hydrogen-bond acceptors (Lipinski definition) is 4. The number of likely N-dealkylation sites (N-methyl/N-ethyl adjacent to an activating group) is 1. The van der Waals surface area contributed by atoms with E-state index < -0.39 is 10.2 Å². The molecule has 1 aromatic heterocycles. The molecule has 2 aliphatic rings. The Bertz CT molecular complexity index is 1290. The summed E-state index contributed by atoms with van der Waals surface area (Å²) in [6.07, 6.45) is 2.03. The molecule has 5 rings (SSSR count). The second-order valence-corrected chi connectivity index (χ2v) is 11.1. The van der Waals surface area contributed by atoms with E-state index in [9.17, 15) is 8.42 Å². The molecule has 0 amide bonds. The number of para-hydroxylation sites is 1. The topological polar surface area (TPSA) is 67.7 Å². The first-order valence-corrected chi connectivity index (χ1v) is 12.3. The number of hydrogen-bond donors (Lipinski definition) is 0. The zero-order chi connectivity index (χ0) is 22.6. The first-order valence-electron chi connectivity index (χ1n) is 10.5. The van der Waals surface area contributed by atoms with Crippen LogP contribution in [0.1, 0.15) is 16.8 Å². The fraction of sp³-hybridized carbons (Fsp3) is 0.348. The van der Waals surface area contributed by atoms with Gasteiger partial charge in [0.05, 0.1) is 18.0 Å². The van der Waals surface area contributed by atoms with Gasteiger partial charge in [0.15, 0.2) is 0 Å². The summed E-state index contributed by atoms with van der Waals surface area (Å²) >= 11 is 6.15. The first kappa shape index (κ1) is 24.1. The quantitative estimate of drug-likeness (QED) is 0.531. The molecule has 0 saturated carbocycles. The minimum Gasteiger partial charge on any atom is -0.491 e. The molecule has 0 bridgehead atoms. The minimum atomic E-state index is -3.51. The van der Waals surface area contributed by atoms with Gasteiger partial charge in [-0.3, -0.25) is 0 Å². The Morgan fingerprint density at radius 2 is 1.82 bits per heavy atom. The van der Waals surface area contributed by atoms with Crippen LogP contribution in [0.3, 0.4) is 0 Å². The maximum Gasteiger partial charge on any atom is 0.281 e. The average molecular weight is 507 g/mol. The largest absolute Gasteiger partial charge is 0.491 e. The molecular formula is C23H27ClN4O3S2. The fourth-order valence-corrected chi connectivity index (χ4v) is 5.72. The van der Waals surface area contributed by atoms with Crippen LogP contribution in [0.2, 0.25) is 5.02 Å². The van der Waals surface area contributed by atoms with Crippen LogP contribution in [0.15, 0.2) is 42.5 Å². The number of benzene rings is 2. The van der Waals surface area contributed by atoms with Crippen molar-refractivity contribution in [2.75, 3.05) is 27.7 Å². The number of nitrogens with zero attached hydrogens (tertiary/aromatic N) is 4. The number of aromatic nitrogens is 2. The molecule has 1 atom stereocenters. The van der Waals surface area contributed by atoms with E-state index in [1.54, 1.807) is 21.1 Å². The van der Waals surface area contributed by atoms with Gasteiger partial charge in [0.25, 0.3) is 10.2 Å². The highest BCUT2D eigenvalue weighted by molar-refractivity contribution is 7.86. The molecule has 0 unspecified atom stereocenters. The predicted molar refractivity (Wildman–Crippen MR) is 135 cm³/mol. The maximum absolute atomic E-state index is 12.7. The van der Waals surface area contributed by atoms with E-state index in [4.69, 9.17) is 21.4 Å². The second-order valence-electron chi connectivity index (χ2n) is 8.42. The van der Waals surface area contributed by atoms with Crippen LogP contribution in [0, 0.1) is 0 Å².